The minimum absolute atomic E-state index is 0.271. The molecule has 0 spiro atoms. The van der Waals surface area contributed by atoms with Crippen LogP contribution < -0.4 is 11.1 Å². The molecule has 4 atom stereocenters. The zero-order valence-electron chi connectivity index (χ0n) is 13.2. The molecule has 0 aliphatic heterocycles. The summed E-state index contributed by atoms with van der Waals surface area (Å²) in [5.74, 6) is 0.475. The molecule has 0 heterocycles. The Kier molecular flexibility index (Phi) is 5.81. The molecule has 0 aromatic heterocycles. The van der Waals surface area contributed by atoms with Crippen molar-refractivity contribution in [2.75, 3.05) is 14.1 Å². The lowest BCUT2D eigenvalue weighted by molar-refractivity contribution is -0.124. The van der Waals surface area contributed by atoms with Crippen molar-refractivity contribution in [3.05, 3.63) is 0 Å². The lowest BCUT2D eigenvalue weighted by atomic mass is 9.83. The van der Waals surface area contributed by atoms with E-state index < -0.39 is 5.54 Å². The summed E-state index contributed by atoms with van der Waals surface area (Å²) in [5.41, 5.74) is 4.90. The molecular formula is C15H31N3O. The zero-order chi connectivity index (χ0) is 14.6. The molecule has 4 unspecified atom stereocenters. The molecule has 3 N–H and O–H groups in total. The van der Waals surface area contributed by atoms with Gasteiger partial charge in [0.1, 0.15) is 0 Å². The third kappa shape index (κ3) is 3.93. The highest BCUT2D eigenvalue weighted by atomic mass is 16.1. The molecule has 4 heteroatoms. The summed E-state index contributed by atoms with van der Waals surface area (Å²) in [6.45, 7) is 6.43. The fraction of sp³-hybridized carbons (Fsp3) is 0.933. The summed E-state index contributed by atoms with van der Waals surface area (Å²) in [7, 11) is 3.99. The standard InChI is InChI=1S/C15H31N3O/c1-11-8-6-7-9-13(11)18(5)12(2)10-15(3,17-4)14(16)19/h11-13,17H,6-10H2,1-5H3,(H2,16,19). The Labute approximate surface area is 118 Å². The first-order valence-electron chi connectivity index (χ1n) is 7.52. The van der Waals surface area contributed by atoms with Crippen molar-refractivity contribution in [3.63, 3.8) is 0 Å². The lowest BCUT2D eigenvalue weighted by Crippen LogP contribution is -2.56. The molecule has 1 aliphatic carbocycles. The van der Waals surface area contributed by atoms with Crippen LogP contribution in [0.3, 0.4) is 0 Å². The molecule has 1 saturated carbocycles. The molecule has 1 aliphatic rings. The van der Waals surface area contributed by atoms with Gasteiger partial charge in [0.05, 0.1) is 5.54 Å². The molecular weight excluding hydrogens is 238 g/mol. The summed E-state index contributed by atoms with van der Waals surface area (Å²) in [4.78, 5) is 14.0. The average Bonchev–Trinajstić information content (AvgIpc) is 2.38. The molecule has 4 nitrogen and oxygen atoms in total. The molecule has 1 fully saturated rings. The summed E-state index contributed by atoms with van der Waals surface area (Å²) in [5, 5.41) is 3.08. The first-order valence-corrected chi connectivity index (χ1v) is 7.52. The number of nitrogens with zero attached hydrogens (tertiary/aromatic N) is 1. The van der Waals surface area contributed by atoms with Crippen molar-refractivity contribution in [2.45, 2.75) is 70.5 Å². The van der Waals surface area contributed by atoms with Gasteiger partial charge in [-0.25, -0.2) is 0 Å². The number of nitrogens with one attached hydrogen (secondary N) is 1. The van der Waals surface area contributed by atoms with Crippen LogP contribution in [-0.4, -0.2) is 42.5 Å². The van der Waals surface area contributed by atoms with E-state index in [9.17, 15) is 4.79 Å². The minimum Gasteiger partial charge on any atom is -0.368 e. The van der Waals surface area contributed by atoms with E-state index in [-0.39, 0.29) is 5.91 Å². The van der Waals surface area contributed by atoms with Gasteiger partial charge in [-0.2, -0.15) is 0 Å². The number of nitrogens with two attached hydrogens (primary N) is 1. The number of hydrogen-bond donors (Lipinski definition) is 2. The number of primary amides is 1. The second-order valence-electron chi connectivity index (χ2n) is 6.49. The molecule has 1 rings (SSSR count). The van der Waals surface area contributed by atoms with Gasteiger partial charge in [0.15, 0.2) is 0 Å². The molecule has 1 amide bonds. The smallest absolute Gasteiger partial charge is 0.237 e. The largest absolute Gasteiger partial charge is 0.368 e. The Morgan fingerprint density at radius 3 is 2.53 bits per heavy atom. The van der Waals surface area contributed by atoms with Gasteiger partial charge in [-0.05, 0) is 53.1 Å². The van der Waals surface area contributed by atoms with E-state index in [4.69, 9.17) is 5.73 Å². The predicted octanol–water partition coefficient (Wildman–Crippen LogP) is 1.74. The monoisotopic (exact) mass is 269 g/mol. The minimum atomic E-state index is -0.619. The first kappa shape index (κ1) is 16.4. The van der Waals surface area contributed by atoms with E-state index in [0.29, 0.717) is 12.1 Å². The van der Waals surface area contributed by atoms with Crippen molar-refractivity contribution < 1.29 is 4.79 Å². The fourth-order valence-corrected chi connectivity index (χ4v) is 3.29. The van der Waals surface area contributed by atoms with Crippen LogP contribution in [0.5, 0.6) is 0 Å². The van der Waals surface area contributed by atoms with Crippen LogP contribution >= 0.6 is 0 Å². The third-order valence-corrected chi connectivity index (χ3v) is 5.08. The Hall–Kier alpha value is -0.610. The van der Waals surface area contributed by atoms with E-state index in [2.05, 4.69) is 31.1 Å². The third-order valence-electron chi connectivity index (χ3n) is 5.08. The maximum absolute atomic E-state index is 11.6. The lowest BCUT2D eigenvalue weighted by Gasteiger charge is -2.42. The second kappa shape index (κ2) is 6.71. The van der Waals surface area contributed by atoms with Crippen molar-refractivity contribution in [1.82, 2.24) is 10.2 Å². The molecule has 0 aromatic rings. The quantitative estimate of drug-likeness (QED) is 0.772. The van der Waals surface area contributed by atoms with Gasteiger partial charge in [0.2, 0.25) is 5.91 Å². The van der Waals surface area contributed by atoms with E-state index >= 15 is 0 Å². The highest BCUT2D eigenvalue weighted by Crippen LogP contribution is 2.29. The summed E-state index contributed by atoms with van der Waals surface area (Å²) >= 11 is 0. The Balaban J connectivity index is 2.65. The summed E-state index contributed by atoms with van der Waals surface area (Å²) in [6.07, 6.45) is 6.02. The highest BCUT2D eigenvalue weighted by Gasteiger charge is 2.35. The molecule has 112 valence electrons. The zero-order valence-corrected chi connectivity index (χ0v) is 13.2. The first-order chi connectivity index (χ1) is 8.81. The van der Waals surface area contributed by atoms with Gasteiger partial charge < -0.3 is 16.0 Å². The normalized spacial score (nSPS) is 28.9. The maximum atomic E-state index is 11.6. The summed E-state index contributed by atoms with van der Waals surface area (Å²) in [6, 6.07) is 0.980. The van der Waals surface area contributed by atoms with Gasteiger partial charge in [0.25, 0.3) is 0 Å². The van der Waals surface area contributed by atoms with E-state index in [1.165, 1.54) is 25.7 Å². The van der Waals surface area contributed by atoms with E-state index in [1.54, 1.807) is 7.05 Å². The van der Waals surface area contributed by atoms with Crippen LogP contribution in [-0.2, 0) is 4.79 Å². The van der Waals surface area contributed by atoms with E-state index in [0.717, 1.165) is 12.3 Å². The highest BCUT2D eigenvalue weighted by molar-refractivity contribution is 5.84. The van der Waals surface area contributed by atoms with Gasteiger partial charge in [-0.3, -0.25) is 4.79 Å². The number of likely N-dealkylation sites (N-methyl/N-ethyl adjacent to an activating group) is 1. The van der Waals surface area contributed by atoms with Gasteiger partial charge in [0, 0.05) is 12.1 Å². The van der Waals surface area contributed by atoms with Crippen LogP contribution in [0, 0.1) is 5.92 Å². The average molecular weight is 269 g/mol. The van der Waals surface area contributed by atoms with Gasteiger partial charge in [-0.1, -0.05) is 19.8 Å². The fourth-order valence-electron chi connectivity index (χ4n) is 3.29. The topological polar surface area (TPSA) is 58.4 Å². The van der Waals surface area contributed by atoms with Crippen molar-refractivity contribution in [1.29, 1.82) is 0 Å². The molecule has 0 saturated heterocycles. The van der Waals surface area contributed by atoms with Crippen molar-refractivity contribution in [3.8, 4) is 0 Å². The molecule has 0 aromatic carbocycles. The number of carbonyl (C=O) groups excluding carboxylic acids is 1. The number of amides is 1. The van der Waals surface area contributed by atoms with Crippen LogP contribution in [0.25, 0.3) is 0 Å². The molecule has 0 bridgehead atoms. The van der Waals surface area contributed by atoms with Crippen molar-refractivity contribution in [2.24, 2.45) is 11.7 Å². The molecule has 0 radical (unpaired) electrons. The maximum Gasteiger partial charge on any atom is 0.237 e. The number of rotatable bonds is 6. The number of carbonyl (C=O) groups is 1. The van der Waals surface area contributed by atoms with Gasteiger partial charge in [-0.15, -0.1) is 0 Å². The SMILES string of the molecule is CNC(C)(CC(C)N(C)C1CCCCC1C)C(N)=O. The van der Waals surface area contributed by atoms with Gasteiger partial charge >= 0.3 is 0 Å². The Bertz CT molecular complexity index is 308. The Morgan fingerprint density at radius 2 is 2.05 bits per heavy atom. The van der Waals surface area contributed by atoms with Crippen LogP contribution in [0.4, 0.5) is 0 Å². The molecule has 19 heavy (non-hydrogen) atoms. The van der Waals surface area contributed by atoms with Crippen molar-refractivity contribution >= 4 is 5.91 Å². The number of hydrogen-bond acceptors (Lipinski definition) is 3. The predicted molar refractivity (Wildman–Crippen MR) is 79.9 cm³/mol. The van der Waals surface area contributed by atoms with Crippen LogP contribution in [0.1, 0.15) is 52.9 Å². The Morgan fingerprint density at radius 1 is 1.47 bits per heavy atom. The summed E-state index contributed by atoms with van der Waals surface area (Å²) < 4.78 is 0. The van der Waals surface area contributed by atoms with Crippen LogP contribution in [0.15, 0.2) is 0 Å². The van der Waals surface area contributed by atoms with Crippen LogP contribution in [0.2, 0.25) is 0 Å². The van der Waals surface area contributed by atoms with E-state index in [1.807, 2.05) is 6.92 Å². The second-order valence-corrected chi connectivity index (χ2v) is 6.49.